The number of amides is 3. The first-order valence-corrected chi connectivity index (χ1v) is 5.50. The normalized spacial score (nSPS) is 10.7. The first kappa shape index (κ1) is 16.2. The summed E-state index contributed by atoms with van der Waals surface area (Å²) in [6.45, 7) is 2.98. The average molecular weight is 259 g/mol. The van der Waals surface area contributed by atoms with E-state index in [2.05, 4.69) is 5.32 Å². The van der Waals surface area contributed by atoms with Crippen LogP contribution >= 0.6 is 0 Å². The van der Waals surface area contributed by atoms with Crippen LogP contribution in [0.2, 0.25) is 0 Å². The number of hydrogen-bond acceptors (Lipinski definition) is 3. The molecule has 0 unspecified atom stereocenters. The van der Waals surface area contributed by atoms with Crippen molar-refractivity contribution in [3.05, 3.63) is 0 Å². The Morgan fingerprint density at radius 2 is 1.67 bits per heavy atom. The van der Waals surface area contributed by atoms with Gasteiger partial charge in [-0.3, -0.25) is 9.59 Å². The van der Waals surface area contributed by atoms with E-state index in [0.29, 0.717) is 0 Å². The molecule has 0 aromatic heterocycles. The monoisotopic (exact) mass is 259 g/mol. The van der Waals surface area contributed by atoms with Crippen LogP contribution in [0.4, 0.5) is 4.79 Å². The van der Waals surface area contributed by atoms with Crippen molar-refractivity contribution in [3.8, 4) is 0 Å². The second-order valence-electron chi connectivity index (χ2n) is 4.99. The molecule has 0 aromatic rings. The van der Waals surface area contributed by atoms with E-state index in [9.17, 15) is 14.4 Å². The molecule has 0 fully saturated rings. The molecule has 0 aliphatic carbocycles. The third-order valence-electron chi connectivity index (χ3n) is 2.48. The highest BCUT2D eigenvalue weighted by molar-refractivity contribution is 5.84. The number of nitrogens with one attached hydrogen (secondary N) is 1. The summed E-state index contributed by atoms with van der Waals surface area (Å²) in [5, 5.41) is 11.4. The number of carbonyl (C=O) groups is 3. The van der Waals surface area contributed by atoms with Gasteiger partial charge in [0, 0.05) is 27.7 Å². The van der Waals surface area contributed by atoms with Crippen molar-refractivity contribution in [1.29, 1.82) is 0 Å². The van der Waals surface area contributed by atoms with Crippen molar-refractivity contribution in [2.45, 2.75) is 13.8 Å². The Hall–Kier alpha value is -1.79. The maximum Gasteiger partial charge on any atom is 0.317 e. The standard InChI is InChI=1S/C11H21N3O4/c1-11(2,9(16)17)7-12-10(18)14(5)6-8(15)13(3)4/h6-7H2,1-5H3,(H,12,18)(H,16,17). The highest BCUT2D eigenvalue weighted by Gasteiger charge is 2.28. The van der Waals surface area contributed by atoms with Gasteiger partial charge in [0.15, 0.2) is 0 Å². The lowest BCUT2D eigenvalue weighted by Gasteiger charge is -2.23. The van der Waals surface area contributed by atoms with Crippen LogP contribution in [0.15, 0.2) is 0 Å². The molecule has 0 saturated carbocycles. The Kier molecular flexibility index (Phi) is 5.61. The van der Waals surface area contributed by atoms with Crippen LogP contribution in [0, 0.1) is 5.41 Å². The summed E-state index contributed by atoms with van der Waals surface area (Å²) < 4.78 is 0. The van der Waals surface area contributed by atoms with Crippen LogP contribution in [0.3, 0.4) is 0 Å². The molecule has 7 nitrogen and oxygen atoms in total. The van der Waals surface area contributed by atoms with Gasteiger partial charge in [-0.05, 0) is 13.8 Å². The molecule has 0 saturated heterocycles. The molecular weight excluding hydrogens is 238 g/mol. The maximum atomic E-state index is 11.6. The number of nitrogens with zero attached hydrogens (tertiary/aromatic N) is 2. The van der Waals surface area contributed by atoms with Crippen molar-refractivity contribution < 1.29 is 19.5 Å². The number of aliphatic carboxylic acids is 1. The lowest BCUT2D eigenvalue weighted by Crippen LogP contribution is -2.46. The number of hydrogen-bond donors (Lipinski definition) is 2. The minimum absolute atomic E-state index is 0.00165. The van der Waals surface area contributed by atoms with Crippen LogP contribution in [0.5, 0.6) is 0 Å². The molecule has 0 heterocycles. The number of rotatable bonds is 5. The minimum Gasteiger partial charge on any atom is -0.481 e. The molecule has 0 bridgehead atoms. The van der Waals surface area contributed by atoms with Gasteiger partial charge >= 0.3 is 12.0 Å². The molecule has 0 atom stereocenters. The van der Waals surface area contributed by atoms with E-state index in [0.717, 1.165) is 0 Å². The lowest BCUT2D eigenvalue weighted by atomic mass is 9.94. The van der Waals surface area contributed by atoms with E-state index in [-0.39, 0.29) is 19.0 Å². The Morgan fingerprint density at radius 3 is 2.06 bits per heavy atom. The zero-order valence-corrected chi connectivity index (χ0v) is 11.5. The van der Waals surface area contributed by atoms with Crippen LogP contribution in [0.1, 0.15) is 13.8 Å². The van der Waals surface area contributed by atoms with Gasteiger partial charge < -0.3 is 20.2 Å². The lowest BCUT2D eigenvalue weighted by molar-refractivity contribution is -0.146. The largest absolute Gasteiger partial charge is 0.481 e. The molecule has 0 rings (SSSR count). The topological polar surface area (TPSA) is 90.0 Å². The van der Waals surface area contributed by atoms with Crippen LogP contribution in [-0.2, 0) is 9.59 Å². The second kappa shape index (κ2) is 6.23. The zero-order chi connectivity index (χ0) is 14.5. The fraction of sp³-hybridized carbons (Fsp3) is 0.727. The van der Waals surface area contributed by atoms with Crippen LogP contribution < -0.4 is 5.32 Å². The molecule has 7 heteroatoms. The summed E-state index contributed by atoms with van der Waals surface area (Å²) in [6, 6.07) is -0.473. The van der Waals surface area contributed by atoms with E-state index in [1.165, 1.54) is 30.7 Å². The molecule has 3 amide bonds. The molecule has 0 aliphatic rings. The number of likely N-dealkylation sites (N-methyl/N-ethyl adjacent to an activating group) is 2. The summed E-state index contributed by atoms with van der Waals surface area (Å²) in [5.74, 6) is -1.19. The fourth-order valence-corrected chi connectivity index (χ4v) is 0.923. The van der Waals surface area contributed by atoms with Crippen molar-refractivity contribution in [1.82, 2.24) is 15.1 Å². The molecule has 0 aliphatic heterocycles. The van der Waals surface area contributed by atoms with Gasteiger partial charge in [-0.1, -0.05) is 0 Å². The van der Waals surface area contributed by atoms with Crippen LogP contribution in [0.25, 0.3) is 0 Å². The van der Waals surface area contributed by atoms with Crippen molar-refractivity contribution in [2.24, 2.45) is 5.41 Å². The van der Waals surface area contributed by atoms with E-state index >= 15 is 0 Å². The smallest absolute Gasteiger partial charge is 0.317 e. The Balaban J connectivity index is 4.26. The number of carbonyl (C=O) groups excluding carboxylic acids is 2. The highest BCUT2D eigenvalue weighted by atomic mass is 16.4. The van der Waals surface area contributed by atoms with Crippen molar-refractivity contribution in [3.63, 3.8) is 0 Å². The summed E-state index contributed by atoms with van der Waals surface area (Å²) in [7, 11) is 4.67. The fourth-order valence-electron chi connectivity index (χ4n) is 0.923. The quantitative estimate of drug-likeness (QED) is 0.717. The SMILES string of the molecule is CN(C)C(=O)CN(C)C(=O)NCC(C)(C)C(=O)O. The maximum absolute atomic E-state index is 11.6. The van der Waals surface area contributed by atoms with E-state index in [1.54, 1.807) is 14.1 Å². The highest BCUT2D eigenvalue weighted by Crippen LogP contribution is 2.13. The predicted octanol–water partition coefficient (Wildman–Crippen LogP) is -0.173. The average Bonchev–Trinajstić information content (AvgIpc) is 2.25. The molecule has 104 valence electrons. The van der Waals surface area contributed by atoms with E-state index in [1.807, 2.05) is 0 Å². The van der Waals surface area contributed by atoms with E-state index in [4.69, 9.17) is 5.11 Å². The first-order valence-electron chi connectivity index (χ1n) is 5.50. The molecule has 18 heavy (non-hydrogen) atoms. The predicted molar refractivity (Wildman–Crippen MR) is 66.1 cm³/mol. The van der Waals surface area contributed by atoms with Crippen LogP contribution in [-0.4, -0.2) is 67.0 Å². The molecule has 2 N–H and O–H groups in total. The molecule has 0 aromatic carbocycles. The summed E-state index contributed by atoms with van der Waals surface area (Å²) in [6.07, 6.45) is 0. The second-order valence-corrected chi connectivity index (χ2v) is 4.99. The molecular formula is C11H21N3O4. The van der Waals surface area contributed by atoms with Gasteiger partial charge in [0.1, 0.15) is 6.54 Å². The molecule has 0 spiro atoms. The molecule has 0 radical (unpaired) electrons. The Labute approximate surface area is 107 Å². The minimum atomic E-state index is -1.04. The third kappa shape index (κ3) is 5.03. The summed E-state index contributed by atoms with van der Waals surface area (Å²) in [5.41, 5.74) is -1.04. The summed E-state index contributed by atoms with van der Waals surface area (Å²) in [4.78, 5) is 36.4. The van der Waals surface area contributed by atoms with Gasteiger partial charge in [-0.25, -0.2) is 4.79 Å². The van der Waals surface area contributed by atoms with Gasteiger partial charge in [0.05, 0.1) is 5.41 Å². The first-order chi connectivity index (χ1) is 8.08. The van der Waals surface area contributed by atoms with E-state index < -0.39 is 17.4 Å². The van der Waals surface area contributed by atoms with Crippen molar-refractivity contribution >= 4 is 17.9 Å². The van der Waals surface area contributed by atoms with Crippen molar-refractivity contribution in [2.75, 3.05) is 34.2 Å². The summed E-state index contributed by atoms with van der Waals surface area (Å²) >= 11 is 0. The Bertz CT molecular complexity index is 339. The Morgan fingerprint density at radius 1 is 1.17 bits per heavy atom. The number of carboxylic acid groups (broad SMARTS) is 1. The van der Waals surface area contributed by atoms with Gasteiger partial charge in [0.2, 0.25) is 5.91 Å². The number of carboxylic acids is 1. The number of urea groups is 1. The zero-order valence-electron chi connectivity index (χ0n) is 11.5. The van der Waals surface area contributed by atoms with Gasteiger partial charge in [0.25, 0.3) is 0 Å². The van der Waals surface area contributed by atoms with Gasteiger partial charge in [-0.2, -0.15) is 0 Å². The third-order valence-corrected chi connectivity index (χ3v) is 2.48. The van der Waals surface area contributed by atoms with Gasteiger partial charge in [-0.15, -0.1) is 0 Å².